The summed E-state index contributed by atoms with van der Waals surface area (Å²) in [5, 5.41) is 12.3. The maximum absolute atomic E-state index is 12.7. The van der Waals surface area contributed by atoms with E-state index in [1.807, 2.05) is 53.2 Å². The highest BCUT2D eigenvalue weighted by atomic mass is 16.1. The van der Waals surface area contributed by atoms with Crippen LogP contribution in [0, 0.1) is 0 Å². The van der Waals surface area contributed by atoms with E-state index in [0.717, 1.165) is 22.4 Å². The van der Waals surface area contributed by atoms with Crippen molar-refractivity contribution in [2.75, 3.05) is 6.54 Å². The summed E-state index contributed by atoms with van der Waals surface area (Å²) in [5.41, 5.74) is 2.60. The summed E-state index contributed by atoms with van der Waals surface area (Å²) in [4.78, 5) is 12.7. The third-order valence-electron chi connectivity index (χ3n) is 4.58. The number of nitrogens with zero attached hydrogens (tertiary/aromatic N) is 4. The molecule has 0 aliphatic carbocycles. The minimum absolute atomic E-state index is 0.0640. The van der Waals surface area contributed by atoms with Gasteiger partial charge in [-0.3, -0.25) is 9.20 Å². The molecule has 1 amide bonds. The van der Waals surface area contributed by atoms with Gasteiger partial charge in [0, 0.05) is 47.9 Å². The van der Waals surface area contributed by atoms with E-state index in [1.54, 1.807) is 0 Å². The lowest BCUT2D eigenvalue weighted by atomic mass is 10.1. The van der Waals surface area contributed by atoms with Gasteiger partial charge in [0.1, 0.15) is 5.82 Å². The van der Waals surface area contributed by atoms with E-state index in [-0.39, 0.29) is 5.91 Å². The molecule has 0 saturated carbocycles. The molecular weight excluding hydrogens is 326 g/mol. The molecule has 0 radical (unpaired) electrons. The lowest BCUT2D eigenvalue weighted by molar-refractivity contribution is 0.0955. The van der Waals surface area contributed by atoms with Gasteiger partial charge in [-0.2, -0.15) is 0 Å². The second kappa shape index (κ2) is 6.63. The van der Waals surface area contributed by atoms with Gasteiger partial charge in [0.2, 0.25) is 0 Å². The lowest BCUT2D eigenvalue weighted by Crippen LogP contribution is -2.26. The highest BCUT2D eigenvalue weighted by molar-refractivity contribution is 6.06. The molecule has 6 nitrogen and oxygen atoms in total. The average molecular weight is 347 g/mol. The van der Waals surface area contributed by atoms with Crippen LogP contribution in [0.25, 0.3) is 16.6 Å². The van der Waals surface area contributed by atoms with Crippen LogP contribution >= 0.6 is 0 Å². The molecule has 26 heavy (non-hydrogen) atoms. The van der Waals surface area contributed by atoms with Crippen LogP contribution in [0.3, 0.4) is 0 Å². The van der Waals surface area contributed by atoms with Gasteiger partial charge in [-0.05, 0) is 44.2 Å². The van der Waals surface area contributed by atoms with Crippen molar-refractivity contribution < 1.29 is 4.79 Å². The monoisotopic (exact) mass is 347 g/mol. The summed E-state index contributed by atoms with van der Waals surface area (Å²) in [6.45, 7) is 4.78. The van der Waals surface area contributed by atoms with Crippen LogP contribution < -0.4 is 5.32 Å². The molecule has 6 heteroatoms. The van der Waals surface area contributed by atoms with E-state index in [0.29, 0.717) is 24.6 Å². The minimum atomic E-state index is -0.0640. The largest absolute Gasteiger partial charge is 0.352 e. The molecule has 0 saturated heterocycles. The lowest BCUT2D eigenvalue weighted by Gasteiger charge is -2.10. The first-order chi connectivity index (χ1) is 12.6. The number of carbonyl (C=O) groups excluding carboxylic acids is 1. The van der Waals surface area contributed by atoms with Gasteiger partial charge in [0.15, 0.2) is 5.65 Å². The van der Waals surface area contributed by atoms with Gasteiger partial charge in [-0.25, -0.2) is 0 Å². The molecule has 1 N–H and O–H groups in total. The highest BCUT2D eigenvalue weighted by Crippen LogP contribution is 2.23. The standard InChI is InChI=1S/C20H21N5O/c1-14(2)24-13-10-15-16(6-5-7-17(15)24)20(26)21-11-9-19-23-22-18-8-3-4-12-25(18)19/h3-8,10,12-14H,9,11H2,1-2H3,(H,21,26). The molecular formula is C20H21N5O. The van der Waals surface area contributed by atoms with Crippen molar-refractivity contribution in [1.82, 2.24) is 24.5 Å². The summed E-state index contributed by atoms with van der Waals surface area (Å²) in [6.07, 6.45) is 4.59. The summed E-state index contributed by atoms with van der Waals surface area (Å²) in [5.74, 6) is 0.774. The Hall–Kier alpha value is -3.15. The number of nitrogens with one attached hydrogen (secondary N) is 1. The van der Waals surface area contributed by atoms with E-state index in [2.05, 4.69) is 40.0 Å². The van der Waals surface area contributed by atoms with E-state index in [1.165, 1.54) is 0 Å². The van der Waals surface area contributed by atoms with Gasteiger partial charge < -0.3 is 9.88 Å². The van der Waals surface area contributed by atoms with Crippen molar-refractivity contribution in [1.29, 1.82) is 0 Å². The molecule has 132 valence electrons. The Morgan fingerprint density at radius 3 is 2.81 bits per heavy atom. The Morgan fingerprint density at radius 2 is 1.96 bits per heavy atom. The fourth-order valence-electron chi connectivity index (χ4n) is 3.28. The first-order valence-corrected chi connectivity index (χ1v) is 8.81. The Labute approximate surface area is 151 Å². The van der Waals surface area contributed by atoms with Gasteiger partial charge in [0.25, 0.3) is 5.91 Å². The van der Waals surface area contributed by atoms with Crippen LogP contribution in [0.2, 0.25) is 0 Å². The number of carbonyl (C=O) groups is 1. The number of hydrogen-bond donors (Lipinski definition) is 1. The molecule has 3 heterocycles. The molecule has 0 spiro atoms. The molecule has 0 bridgehead atoms. The van der Waals surface area contributed by atoms with Gasteiger partial charge in [-0.15, -0.1) is 10.2 Å². The SMILES string of the molecule is CC(C)n1ccc2c(C(=O)NCCc3nnc4ccccn34)cccc21. The van der Waals surface area contributed by atoms with Gasteiger partial charge in [0.05, 0.1) is 0 Å². The minimum Gasteiger partial charge on any atom is -0.352 e. The van der Waals surface area contributed by atoms with Crippen LogP contribution in [-0.4, -0.2) is 31.6 Å². The Bertz CT molecular complexity index is 1080. The first-order valence-electron chi connectivity index (χ1n) is 8.81. The Kier molecular flexibility index (Phi) is 4.16. The van der Waals surface area contributed by atoms with E-state index < -0.39 is 0 Å². The molecule has 4 aromatic rings. The molecule has 0 unspecified atom stereocenters. The zero-order chi connectivity index (χ0) is 18.1. The average Bonchev–Trinajstić information content (AvgIpc) is 3.26. The number of amides is 1. The van der Waals surface area contributed by atoms with Crippen molar-refractivity contribution >= 4 is 22.5 Å². The van der Waals surface area contributed by atoms with Crippen molar-refractivity contribution in [2.24, 2.45) is 0 Å². The van der Waals surface area contributed by atoms with Crippen molar-refractivity contribution in [2.45, 2.75) is 26.3 Å². The summed E-state index contributed by atoms with van der Waals surface area (Å²) in [7, 11) is 0. The molecule has 1 aromatic carbocycles. The van der Waals surface area contributed by atoms with Crippen molar-refractivity contribution in [3.8, 4) is 0 Å². The summed E-state index contributed by atoms with van der Waals surface area (Å²) < 4.78 is 4.12. The van der Waals surface area contributed by atoms with Crippen molar-refractivity contribution in [3.05, 3.63) is 66.2 Å². The number of benzene rings is 1. The zero-order valence-corrected chi connectivity index (χ0v) is 14.9. The number of pyridine rings is 1. The summed E-state index contributed by atoms with van der Waals surface area (Å²) in [6, 6.07) is 14.0. The van der Waals surface area contributed by atoms with Crippen LogP contribution in [0.4, 0.5) is 0 Å². The van der Waals surface area contributed by atoms with Crippen LogP contribution in [0.5, 0.6) is 0 Å². The zero-order valence-electron chi connectivity index (χ0n) is 14.9. The van der Waals surface area contributed by atoms with Crippen LogP contribution in [0.1, 0.15) is 36.1 Å². The van der Waals surface area contributed by atoms with Crippen molar-refractivity contribution in [3.63, 3.8) is 0 Å². The third kappa shape index (κ3) is 2.83. The fourth-order valence-corrected chi connectivity index (χ4v) is 3.28. The highest BCUT2D eigenvalue weighted by Gasteiger charge is 2.13. The number of fused-ring (bicyclic) bond motifs is 2. The quantitative estimate of drug-likeness (QED) is 0.603. The van der Waals surface area contributed by atoms with E-state index in [4.69, 9.17) is 0 Å². The fraction of sp³-hybridized carbons (Fsp3) is 0.250. The normalized spacial score (nSPS) is 11.5. The maximum atomic E-state index is 12.7. The smallest absolute Gasteiger partial charge is 0.251 e. The number of aromatic nitrogens is 4. The topological polar surface area (TPSA) is 64.2 Å². The van der Waals surface area contributed by atoms with E-state index in [9.17, 15) is 4.79 Å². The molecule has 0 aliphatic heterocycles. The maximum Gasteiger partial charge on any atom is 0.251 e. The van der Waals surface area contributed by atoms with Gasteiger partial charge >= 0.3 is 0 Å². The molecule has 0 atom stereocenters. The van der Waals surface area contributed by atoms with Crippen LogP contribution in [-0.2, 0) is 6.42 Å². The first kappa shape index (κ1) is 16.3. The predicted octanol–water partition coefficient (Wildman–Crippen LogP) is 3.24. The molecule has 4 rings (SSSR count). The van der Waals surface area contributed by atoms with Gasteiger partial charge in [-0.1, -0.05) is 12.1 Å². The van der Waals surface area contributed by atoms with Crippen LogP contribution in [0.15, 0.2) is 54.9 Å². The second-order valence-electron chi connectivity index (χ2n) is 6.61. The third-order valence-corrected chi connectivity index (χ3v) is 4.58. The second-order valence-corrected chi connectivity index (χ2v) is 6.61. The molecule has 0 fully saturated rings. The number of rotatable bonds is 5. The molecule has 0 aliphatic rings. The van der Waals surface area contributed by atoms with E-state index >= 15 is 0 Å². The summed E-state index contributed by atoms with van der Waals surface area (Å²) >= 11 is 0. The molecule has 3 aromatic heterocycles. The Morgan fingerprint density at radius 1 is 1.08 bits per heavy atom. The number of hydrogen-bond acceptors (Lipinski definition) is 3. The predicted molar refractivity (Wildman–Crippen MR) is 101 cm³/mol. The Balaban J connectivity index is 1.49.